The highest BCUT2D eigenvalue weighted by Crippen LogP contribution is 2.31. The minimum atomic E-state index is -0.772. The maximum Gasteiger partial charge on any atom is 0.314 e. The molecule has 0 spiro atoms. The highest BCUT2D eigenvalue weighted by molar-refractivity contribution is 7.17. The molecule has 0 fully saturated rings. The quantitative estimate of drug-likeness (QED) is 0.672. The summed E-state index contributed by atoms with van der Waals surface area (Å²) in [5.41, 5.74) is 1.13. The molecule has 3 aromatic rings. The molecular formula is C18H20N4O3S. The van der Waals surface area contributed by atoms with Gasteiger partial charge in [-0.15, -0.1) is 11.3 Å². The van der Waals surface area contributed by atoms with Crippen LogP contribution in [0.25, 0.3) is 10.1 Å². The molecule has 0 aliphatic carbocycles. The molecule has 0 aliphatic rings. The van der Waals surface area contributed by atoms with Gasteiger partial charge in [-0.05, 0) is 43.4 Å². The lowest BCUT2D eigenvalue weighted by molar-refractivity contribution is -0.136. The molecule has 2 heterocycles. The summed E-state index contributed by atoms with van der Waals surface area (Å²) in [6, 6.07) is 9.64. The van der Waals surface area contributed by atoms with Crippen LogP contribution in [0.4, 0.5) is 5.82 Å². The second-order valence-corrected chi connectivity index (χ2v) is 7.06. The molecule has 0 aliphatic heterocycles. The summed E-state index contributed by atoms with van der Waals surface area (Å²) in [7, 11) is 3.89. The van der Waals surface area contributed by atoms with E-state index >= 15 is 0 Å². The number of rotatable bonds is 5. The van der Waals surface area contributed by atoms with Crippen LogP contribution in [-0.2, 0) is 9.59 Å². The SMILES string of the molecule is Cc1cc(NC(=O)C(=O)NCC(c2csc3ccccc23)N(C)C)no1. The van der Waals surface area contributed by atoms with Gasteiger partial charge in [0.2, 0.25) is 0 Å². The first-order valence-electron chi connectivity index (χ1n) is 8.10. The zero-order valence-corrected chi connectivity index (χ0v) is 15.6. The lowest BCUT2D eigenvalue weighted by Crippen LogP contribution is -2.40. The van der Waals surface area contributed by atoms with Crippen molar-refractivity contribution >= 4 is 39.1 Å². The van der Waals surface area contributed by atoms with E-state index in [-0.39, 0.29) is 11.9 Å². The largest absolute Gasteiger partial charge is 0.360 e. The second kappa shape index (κ2) is 7.67. The average Bonchev–Trinajstić information content (AvgIpc) is 3.21. The summed E-state index contributed by atoms with van der Waals surface area (Å²) in [6.45, 7) is 2.02. The van der Waals surface area contributed by atoms with Crippen LogP contribution in [0.1, 0.15) is 17.4 Å². The molecule has 26 heavy (non-hydrogen) atoms. The van der Waals surface area contributed by atoms with Crippen molar-refractivity contribution in [2.24, 2.45) is 0 Å². The Balaban J connectivity index is 1.67. The minimum Gasteiger partial charge on any atom is -0.360 e. The molecule has 136 valence electrons. The first kappa shape index (κ1) is 18.1. The van der Waals surface area contributed by atoms with Gasteiger partial charge in [0, 0.05) is 17.3 Å². The summed E-state index contributed by atoms with van der Waals surface area (Å²) in [5, 5.41) is 12.0. The van der Waals surface area contributed by atoms with E-state index in [0.29, 0.717) is 12.3 Å². The van der Waals surface area contributed by atoms with Crippen LogP contribution in [-0.4, -0.2) is 42.5 Å². The van der Waals surface area contributed by atoms with Gasteiger partial charge in [-0.1, -0.05) is 23.4 Å². The molecular weight excluding hydrogens is 352 g/mol. The Labute approximate surface area is 155 Å². The first-order chi connectivity index (χ1) is 12.5. The van der Waals surface area contributed by atoms with Crippen molar-refractivity contribution in [1.29, 1.82) is 0 Å². The Hall–Kier alpha value is -2.71. The number of benzene rings is 1. The molecule has 2 amide bonds. The van der Waals surface area contributed by atoms with Crippen molar-refractivity contribution in [3.8, 4) is 0 Å². The molecule has 1 unspecified atom stereocenters. The van der Waals surface area contributed by atoms with E-state index in [4.69, 9.17) is 4.52 Å². The maximum atomic E-state index is 12.1. The first-order valence-corrected chi connectivity index (χ1v) is 8.98. The van der Waals surface area contributed by atoms with Gasteiger partial charge < -0.3 is 14.7 Å². The number of carbonyl (C=O) groups excluding carboxylic acids is 2. The number of thiophene rings is 1. The summed E-state index contributed by atoms with van der Waals surface area (Å²) < 4.78 is 6.06. The third-order valence-corrected chi connectivity index (χ3v) is 5.01. The minimum absolute atomic E-state index is 0.0443. The number of hydrogen-bond donors (Lipinski definition) is 2. The van der Waals surface area contributed by atoms with E-state index in [9.17, 15) is 9.59 Å². The predicted molar refractivity (Wildman–Crippen MR) is 101 cm³/mol. The van der Waals surface area contributed by atoms with Crippen LogP contribution >= 0.6 is 11.3 Å². The molecule has 0 bridgehead atoms. The van der Waals surface area contributed by atoms with Gasteiger partial charge in [0.25, 0.3) is 0 Å². The molecule has 1 atom stereocenters. The summed E-state index contributed by atoms with van der Waals surface area (Å²) in [4.78, 5) is 26.1. The molecule has 2 aromatic heterocycles. The van der Waals surface area contributed by atoms with Gasteiger partial charge in [0.15, 0.2) is 5.82 Å². The number of carbonyl (C=O) groups is 2. The Morgan fingerprint density at radius 1 is 1.27 bits per heavy atom. The van der Waals surface area contributed by atoms with Gasteiger partial charge >= 0.3 is 11.8 Å². The van der Waals surface area contributed by atoms with Crippen LogP contribution in [0.15, 0.2) is 40.2 Å². The predicted octanol–water partition coefficient (Wildman–Crippen LogP) is 2.56. The van der Waals surface area contributed by atoms with Crippen molar-refractivity contribution in [2.75, 3.05) is 26.0 Å². The number of aryl methyl sites for hydroxylation is 1. The maximum absolute atomic E-state index is 12.1. The number of amides is 2. The fraction of sp³-hybridized carbons (Fsp3) is 0.278. The number of hydrogen-bond acceptors (Lipinski definition) is 6. The van der Waals surface area contributed by atoms with Crippen molar-refractivity contribution < 1.29 is 14.1 Å². The van der Waals surface area contributed by atoms with Crippen LogP contribution in [0.3, 0.4) is 0 Å². The van der Waals surface area contributed by atoms with Gasteiger partial charge in [-0.25, -0.2) is 0 Å². The highest BCUT2D eigenvalue weighted by atomic mass is 32.1. The normalized spacial score (nSPS) is 12.3. The highest BCUT2D eigenvalue weighted by Gasteiger charge is 2.21. The zero-order chi connectivity index (χ0) is 18.7. The van der Waals surface area contributed by atoms with Gasteiger partial charge in [0.1, 0.15) is 5.76 Å². The van der Waals surface area contributed by atoms with Gasteiger partial charge in [-0.2, -0.15) is 0 Å². The van der Waals surface area contributed by atoms with Crippen molar-refractivity contribution in [2.45, 2.75) is 13.0 Å². The van der Waals surface area contributed by atoms with Crippen LogP contribution < -0.4 is 10.6 Å². The lowest BCUT2D eigenvalue weighted by Gasteiger charge is -2.24. The number of likely N-dealkylation sites (N-methyl/N-ethyl adjacent to an activating group) is 1. The van der Waals surface area contributed by atoms with E-state index in [1.54, 1.807) is 24.3 Å². The number of aromatic nitrogens is 1. The van der Waals surface area contributed by atoms with E-state index < -0.39 is 11.8 Å². The van der Waals surface area contributed by atoms with E-state index in [2.05, 4.69) is 33.3 Å². The van der Waals surface area contributed by atoms with E-state index in [1.165, 1.54) is 4.70 Å². The Morgan fingerprint density at radius 3 is 2.73 bits per heavy atom. The third-order valence-electron chi connectivity index (χ3n) is 4.03. The third kappa shape index (κ3) is 3.92. The molecule has 0 saturated carbocycles. The fourth-order valence-electron chi connectivity index (χ4n) is 2.70. The lowest BCUT2D eigenvalue weighted by atomic mass is 10.0. The molecule has 2 N–H and O–H groups in total. The molecule has 0 radical (unpaired) electrons. The number of anilines is 1. The molecule has 8 heteroatoms. The standard InChI is InChI=1S/C18H20N4O3S/c1-11-8-16(21-25-11)20-18(24)17(23)19-9-14(22(2)3)13-10-26-15-7-5-4-6-12(13)15/h4-8,10,14H,9H2,1-3H3,(H,19,23)(H,20,21,24). The number of nitrogens with one attached hydrogen (secondary N) is 2. The Kier molecular flexibility index (Phi) is 5.34. The van der Waals surface area contributed by atoms with Gasteiger partial charge in [0.05, 0.1) is 6.04 Å². The van der Waals surface area contributed by atoms with Crippen molar-refractivity contribution in [1.82, 2.24) is 15.4 Å². The summed E-state index contributed by atoms with van der Waals surface area (Å²) in [5.74, 6) is -0.712. The van der Waals surface area contributed by atoms with Crippen LogP contribution in [0, 0.1) is 6.92 Å². The molecule has 7 nitrogen and oxygen atoms in total. The topological polar surface area (TPSA) is 87.5 Å². The summed E-state index contributed by atoms with van der Waals surface area (Å²) >= 11 is 1.67. The van der Waals surface area contributed by atoms with Crippen LogP contribution in [0.2, 0.25) is 0 Å². The molecule has 3 rings (SSSR count). The smallest absolute Gasteiger partial charge is 0.314 e. The summed E-state index contributed by atoms with van der Waals surface area (Å²) in [6.07, 6.45) is 0. The second-order valence-electron chi connectivity index (χ2n) is 6.15. The Bertz CT molecular complexity index is 931. The fourth-order valence-corrected chi connectivity index (χ4v) is 3.70. The number of fused-ring (bicyclic) bond motifs is 1. The monoisotopic (exact) mass is 372 g/mol. The van der Waals surface area contributed by atoms with Crippen molar-refractivity contribution in [3.63, 3.8) is 0 Å². The Morgan fingerprint density at radius 2 is 2.04 bits per heavy atom. The number of nitrogens with zero attached hydrogens (tertiary/aromatic N) is 2. The average molecular weight is 372 g/mol. The van der Waals surface area contributed by atoms with Gasteiger partial charge in [-0.3, -0.25) is 14.9 Å². The molecule has 0 saturated heterocycles. The van der Waals surface area contributed by atoms with Crippen molar-refractivity contribution in [3.05, 3.63) is 47.0 Å². The molecule has 1 aromatic carbocycles. The zero-order valence-electron chi connectivity index (χ0n) is 14.8. The van der Waals surface area contributed by atoms with Crippen LogP contribution in [0.5, 0.6) is 0 Å². The van der Waals surface area contributed by atoms with E-state index in [1.807, 2.05) is 31.1 Å². The van der Waals surface area contributed by atoms with E-state index in [0.717, 1.165) is 10.9 Å².